The Morgan fingerprint density at radius 2 is 1.89 bits per heavy atom. The molecule has 0 fully saturated rings. The van der Waals surface area contributed by atoms with Crippen LogP contribution in [0.4, 0.5) is 0 Å². The zero-order valence-corrected chi connectivity index (χ0v) is 10.7. The molecular weight excluding hydrogens is 240 g/mol. The van der Waals surface area contributed by atoms with Crippen LogP contribution in [0.1, 0.15) is 24.0 Å². The SMILES string of the molecule is C[C@@H](C(=O)O)c1cccc(OCc2ccccc2)c1. The van der Waals surface area contributed by atoms with Crippen LogP contribution in [0, 0.1) is 0 Å². The number of rotatable bonds is 5. The molecule has 0 unspecified atom stereocenters. The molecule has 2 aromatic rings. The number of carboxylic acids is 1. The highest BCUT2D eigenvalue weighted by atomic mass is 16.5. The third-order valence-corrected chi connectivity index (χ3v) is 2.98. The number of hydrogen-bond donors (Lipinski definition) is 1. The van der Waals surface area contributed by atoms with Gasteiger partial charge >= 0.3 is 5.97 Å². The Bertz CT molecular complexity index is 549. The summed E-state index contributed by atoms with van der Waals surface area (Å²) in [7, 11) is 0. The summed E-state index contributed by atoms with van der Waals surface area (Å²) in [4.78, 5) is 10.9. The van der Waals surface area contributed by atoms with Crippen molar-refractivity contribution in [2.24, 2.45) is 0 Å². The molecule has 0 radical (unpaired) electrons. The summed E-state index contributed by atoms with van der Waals surface area (Å²) in [6.07, 6.45) is 0. The van der Waals surface area contributed by atoms with Crippen LogP contribution >= 0.6 is 0 Å². The summed E-state index contributed by atoms with van der Waals surface area (Å²) < 4.78 is 5.67. The van der Waals surface area contributed by atoms with E-state index in [-0.39, 0.29) is 0 Å². The lowest BCUT2D eigenvalue weighted by molar-refractivity contribution is -0.138. The Hall–Kier alpha value is -2.29. The molecule has 0 amide bonds. The Kier molecular flexibility index (Phi) is 4.18. The largest absolute Gasteiger partial charge is 0.489 e. The van der Waals surface area contributed by atoms with Gasteiger partial charge in [0.15, 0.2) is 0 Å². The summed E-state index contributed by atoms with van der Waals surface area (Å²) in [5, 5.41) is 8.99. The summed E-state index contributed by atoms with van der Waals surface area (Å²) >= 11 is 0. The second-order valence-corrected chi connectivity index (χ2v) is 4.41. The molecule has 0 aliphatic heterocycles. The normalized spacial score (nSPS) is 11.8. The molecule has 2 rings (SSSR count). The predicted molar refractivity (Wildman–Crippen MR) is 73.3 cm³/mol. The van der Waals surface area contributed by atoms with Gasteiger partial charge in [-0.25, -0.2) is 0 Å². The van der Waals surface area contributed by atoms with E-state index >= 15 is 0 Å². The van der Waals surface area contributed by atoms with Crippen LogP contribution in [0.25, 0.3) is 0 Å². The molecular formula is C16H16O3. The Morgan fingerprint density at radius 1 is 1.16 bits per heavy atom. The Morgan fingerprint density at radius 3 is 2.58 bits per heavy atom. The standard InChI is InChI=1S/C16H16O3/c1-12(16(17)18)14-8-5-9-15(10-14)19-11-13-6-3-2-4-7-13/h2-10,12H,11H2,1H3,(H,17,18)/t12-/m1/s1. The number of benzene rings is 2. The molecule has 19 heavy (non-hydrogen) atoms. The third kappa shape index (κ3) is 3.58. The Balaban J connectivity index is 2.05. The smallest absolute Gasteiger partial charge is 0.310 e. The molecule has 1 atom stereocenters. The van der Waals surface area contributed by atoms with Crippen molar-refractivity contribution in [2.45, 2.75) is 19.4 Å². The van der Waals surface area contributed by atoms with Crippen molar-refractivity contribution in [3.05, 3.63) is 65.7 Å². The van der Waals surface area contributed by atoms with E-state index in [0.717, 1.165) is 11.1 Å². The lowest BCUT2D eigenvalue weighted by Gasteiger charge is -2.10. The van der Waals surface area contributed by atoms with E-state index in [1.54, 1.807) is 19.1 Å². The van der Waals surface area contributed by atoms with Gasteiger partial charge in [0.1, 0.15) is 12.4 Å². The van der Waals surface area contributed by atoms with Gasteiger partial charge in [0.2, 0.25) is 0 Å². The summed E-state index contributed by atoms with van der Waals surface area (Å²) in [5.41, 5.74) is 1.83. The first-order valence-electron chi connectivity index (χ1n) is 6.16. The van der Waals surface area contributed by atoms with Gasteiger partial charge < -0.3 is 9.84 Å². The van der Waals surface area contributed by atoms with E-state index in [9.17, 15) is 4.79 Å². The summed E-state index contributed by atoms with van der Waals surface area (Å²) in [6.45, 7) is 2.14. The quantitative estimate of drug-likeness (QED) is 0.891. The second kappa shape index (κ2) is 6.05. The fraction of sp³-hybridized carbons (Fsp3) is 0.188. The van der Waals surface area contributed by atoms with Crippen LogP contribution in [0.5, 0.6) is 5.75 Å². The van der Waals surface area contributed by atoms with E-state index in [4.69, 9.17) is 9.84 Å². The molecule has 0 saturated heterocycles. The minimum atomic E-state index is -0.833. The predicted octanol–water partition coefficient (Wildman–Crippen LogP) is 3.45. The van der Waals surface area contributed by atoms with E-state index in [1.165, 1.54) is 0 Å². The molecule has 2 aromatic carbocycles. The Labute approximate surface area is 112 Å². The van der Waals surface area contributed by atoms with Crippen LogP contribution in [-0.2, 0) is 11.4 Å². The number of aliphatic carboxylic acids is 1. The van der Waals surface area contributed by atoms with Gasteiger partial charge in [-0.05, 0) is 30.2 Å². The molecule has 1 N–H and O–H groups in total. The molecule has 98 valence electrons. The van der Waals surface area contributed by atoms with Crippen molar-refractivity contribution in [2.75, 3.05) is 0 Å². The molecule has 0 heterocycles. The highest BCUT2D eigenvalue weighted by Gasteiger charge is 2.13. The van der Waals surface area contributed by atoms with Crippen molar-refractivity contribution < 1.29 is 14.6 Å². The summed E-state index contributed by atoms with van der Waals surface area (Å²) in [6, 6.07) is 17.1. The van der Waals surface area contributed by atoms with Crippen molar-refractivity contribution in [1.82, 2.24) is 0 Å². The van der Waals surface area contributed by atoms with Crippen LogP contribution in [0.15, 0.2) is 54.6 Å². The number of ether oxygens (including phenoxy) is 1. The lowest BCUT2D eigenvalue weighted by Crippen LogP contribution is -2.07. The number of carboxylic acid groups (broad SMARTS) is 1. The third-order valence-electron chi connectivity index (χ3n) is 2.98. The lowest BCUT2D eigenvalue weighted by atomic mass is 10.0. The topological polar surface area (TPSA) is 46.5 Å². The molecule has 3 heteroatoms. The summed E-state index contributed by atoms with van der Waals surface area (Å²) in [5.74, 6) is -0.671. The molecule has 0 spiro atoms. The van der Waals surface area contributed by atoms with Crippen LogP contribution in [0.2, 0.25) is 0 Å². The van der Waals surface area contributed by atoms with Gasteiger partial charge in [-0.3, -0.25) is 4.79 Å². The van der Waals surface area contributed by atoms with Crippen LogP contribution in [-0.4, -0.2) is 11.1 Å². The van der Waals surface area contributed by atoms with Gasteiger partial charge in [-0.1, -0.05) is 42.5 Å². The van der Waals surface area contributed by atoms with Crippen molar-refractivity contribution in [3.8, 4) is 5.75 Å². The average Bonchev–Trinajstić information content (AvgIpc) is 2.45. The minimum absolute atomic E-state index is 0.478. The fourth-order valence-electron chi connectivity index (χ4n) is 1.76. The number of hydrogen-bond acceptors (Lipinski definition) is 2. The van der Waals surface area contributed by atoms with E-state index in [2.05, 4.69) is 0 Å². The van der Waals surface area contributed by atoms with E-state index < -0.39 is 11.9 Å². The molecule has 0 bridgehead atoms. The zero-order valence-electron chi connectivity index (χ0n) is 10.7. The highest BCUT2D eigenvalue weighted by molar-refractivity contribution is 5.75. The first kappa shape index (κ1) is 13.1. The molecule has 0 aliphatic rings. The zero-order chi connectivity index (χ0) is 13.7. The molecule has 0 aliphatic carbocycles. The molecule has 0 saturated carbocycles. The first-order valence-corrected chi connectivity index (χ1v) is 6.16. The molecule has 3 nitrogen and oxygen atoms in total. The first-order chi connectivity index (χ1) is 9.16. The maximum Gasteiger partial charge on any atom is 0.310 e. The van der Waals surface area contributed by atoms with Crippen molar-refractivity contribution >= 4 is 5.97 Å². The van der Waals surface area contributed by atoms with Crippen molar-refractivity contribution in [1.29, 1.82) is 0 Å². The average molecular weight is 256 g/mol. The van der Waals surface area contributed by atoms with Gasteiger partial charge in [0.25, 0.3) is 0 Å². The van der Waals surface area contributed by atoms with E-state index in [1.807, 2.05) is 42.5 Å². The van der Waals surface area contributed by atoms with Gasteiger partial charge in [0.05, 0.1) is 5.92 Å². The second-order valence-electron chi connectivity index (χ2n) is 4.41. The van der Waals surface area contributed by atoms with Crippen LogP contribution in [0.3, 0.4) is 0 Å². The maximum atomic E-state index is 10.9. The van der Waals surface area contributed by atoms with Crippen molar-refractivity contribution in [3.63, 3.8) is 0 Å². The highest BCUT2D eigenvalue weighted by Crippen LogP contribution is 2.21. The van der Waals surface area contributed by atoms with Gasteiger partial charge in [0, 0.05) is 0 Å². The minimum Gasteiger partial charge on any atom is -0.489 e. The van der Waals surface area contributed by atoms with Gasteiger partial charge in [-0.15, -0.1) is 0 Å². The fourth-order valence-corrected chi connectivity index (χ4v) is 1.76. The van der Waals surface area contributed by atoms with Crippen LogP contribution < -0.4 is 4.74 Å². The number of carbonyl (C=O) groups is 1. The van der Waals surface area contributed by atoms with E-state index in [0.29, 0.717) is 12.4 Å². The maximum absolute atomic E-state index is 10.9. The van der Waals surface area contributed by atoms with Gasteiger partial charge in [-0.2, -0.15) is 0 Å². The monoisotopic (exact) mass is 256 g/mol. The molecule has 0 aromatic heterocycles.